The van der Waals surface area contributed by atoms with Crippen molar-refractivity contribution >= 4 is 5.78 Å². The molecule has 0 bridgehead atoms. The van der Waals surface area contributed by atoms with Gasteiger partial charge >= 0.3 is 0 Å². The maximum Gasteiger partial charge on any atom is 0.138 e. The van der Waals surface area contributed by atoms with Crippen molar-refractivity contribution in [3.63, 3.8) is 0 Å². The molecule has 0 radical (unpaired) electrons. The summed E-state index contributed by atoms with van der Waals surface area (Å²) < 4.78 is 0. The maximum absolute atomic E-state index is 12.3. The van der Waals surface area contributed by atoms with Gasteiger partial charge in [0.05, 0.1) is 6.61 Å². The summed E-state index contributed by atoms with van der Waals surface area (Å²) in [4.78, 5) is 12.3. The number of aliphatic hydroxyl groups excluding tert-OH is 1. The maximum atomic E-state index is 12.3. The van der Waals surface area contributed by atoms with E-state index in [9.17, 15) is 9.90 Å². The van der Waals surface area contributed by atoms with Crippen molar-refractivity contribution in [3.8, 4) is 0 Å². The molecular formula is C21H32O2. The Bertz CT molecular complexity index is 534. The molecular weight excluding hydrogens is 284 g/mol. The van der Waals surface area contributed by atoms with Gasteiger partial charge in [-0.3, -0.25) is 4.79 Å². The molecule has 6 atom stereocenters. The summed E-state index contributed by atoms with van der Waals surface area (Å²) in [5.41, 5.74) is 3.77. The molecule has 0 spiro atoms. The Hall–Kier alpha value is -0.630. The largest absolute Gasteiger partial charge is 0.396 e. The van der Waals surface area contributed by atoms with Crippen LogP contribution in [-0.4, -0.2) is 17.5 Å². The molecule has 4 aliphatic rings. The number of aliphatic hydroxyl groups is 1. The SMILES string of the molecule is CC1=C2C[C@H]3C(CCC4C(CO)C(=O)CCC43C)[C@@H]2CCCC1. The van der Waals surface area contributed by atoms with Crippen molar-refractivity contribution in [2.24, 2.45) is 35.0 Å². The highest BCUT2D eigenvalue weighted by Crippen LogP contribution is 2.64. The topological polar surface area (TPSA) is 37.3 Å². The standard InChI is InChI=1S/C21H32O2/c1-13-5-3-4-6-14-15-7-8-18-17(12-22)20(23)9-10-21(18,2)19(15)11-16(13)14/h14-15,17-19,22H,3-12H2,1-2H3/t14-,15?,17?,18?,19-,21?/m0/s1. The van der Waals surface area contributed by atoms with E-state index < -0.39 is 0 Å². The lowest BCUT2D eigenvalue weighted by Gasteiger charge is -2.54. The van der Waals surface area contributed by atoms with E-state index in [0.717, 1.165) is 30.6 Å². The van der Waals surface area contributed by atoms with Crippen LogP contribution in [0.3, 0.4) is 0 Å². The van der Waals surface area contributed by atoms with Crippen LogP contribution in [0.1, 0.15) is 71.6 Å². The number of carbonyl (C=O) groups excluding carboxylic acids is 1. The van der Waals surface area contributed by atoms with Crippen molar-refractivity contribution in [2.75, 3.05) is 6.61 Å². The zero-order chi connectivity index (χ0) is 16.2. The van der Waals surface area contributed by atoms with Crippen molar-refractivity contribution in [2.45, 2.75) is 71.6 Å². The van der Waals surface area contributed by atoms with E-state index in [4.69, 9.17) is 0 Å². The lowest BCUT2D eigenvalue weighted by molar-refractivity contribution is -0.142. The molecule has 0 aromatic rings. The summed E-state index contributed by atoms with van der Waals surface area (Å²) in [6.45, 7) is 4.91. The van der Waals surface area contributed by atoms with Crippen LogP contribution in [-0.2, 0) is 4.79 Å². The molecule has 0 aliphatic heterocycles. The first kappa shape index (κ1) is 15.9. The minimum absolute atomic E-state index is 0.0711. The lowest BCUT2D eigenvalue weighted by atomic mass is 9.50. The Morgan fingerprint density at radius 1 is 1.13 bits per heavy atom. The molecule has 4 unspecified atom stereocenters. The van der Waals surface area contributed by atoms with Gasteiger partial charge in [0, 0.05) is 12.3 Å². The van der Waals surface area contributed by atoms with E-state index >= 15 is 0 Å². The van der Waals surface area contributed by atoms with E-state index in [1.54, 1.807) is 11.1 Å². The van der Waals surface area contributed by atoms with Crippen molar-refractivity contribution in [1.29, 1.82) is 0 Å². The van der Waals surface area contributed by atoms with E-state index in [2.05, 4.69) is 13.8 Å². The van der Waals surface area contributed by atoms with E-state index in [1.165, 1.54) is 38.5 Å². The molecule has 2 heteroatoms. The highest BCUT2D eigenvalue weighted by atomic mass is 16.3. The van der Waals surface area contributed by atoms with Crippen molar-refractivity contribution < 1.29 is 9.90 Å². The molecule has 0 amide bonds. The van der Waals surface area contributed by atoms with Crippen LogP contribution < -0.4 is 0 Å². The van der Waals surface area contributed by atoms with E-state index in [0.29, 0.717) is 18.1 Å². The van der Waals surface area contributed by atoms with Crippen molar-refractivity contribution in [1.82, 2.24) is 0 Å². The zero-order valence-electron chi connectivity index (χ0n) is 14.8. The van der Waals surface area contributed by atoms with E-state index in [1.807, 2.05) is 0 Å². The summed E-state index contributed by atoms with van der Waals surface area (Å²) in [5.74, 6) is 3.14. The average Bonchev–Trinajstić information content (AvgIpc) is 2.82. The minimum Gasteiger partial charge on any atom is -0.396 e. The molecule has 4 rings (SSSR count). The zero-order valence-corrected chi connectivity index (χ0v) is 14.8. The number of fused-ring (bicyclic) bond motifs is 5. The number of carbonyl (C=O) groups is 1. The Morgan fingerprint density at radius 2 is 1.96 bits per heavy atom. The van der Waals surface area contributed by atoms with Crippen LogP contribution in [0.15, 0.2) is 11.1 Å². The van der Waals surface area contributed by atoms with Gasteiger partial charge < -0.3 is 5.11 Å². The number of hydrogen-bond donors (Lipinski definition) is 1. The van der Waals surface area contributed by atoms with Gasteiger partial charge in [-0.2, -0.15) is 0 Å². The first-order chi connectivity index (χ1) is 11.1. The molecule has 0 aromatic heterocycles. The second kappa shape index (κ2) is 5.72. The first-order valence-electron chi connectivity index (χ1n) is 9.88. The molecule has 0 heterocycles. The van der Waals surface area contributed by atoms with Crippen LogP contribution in [0.5, 0.6) is 0 Å². The third-order valence-electron chi connectivity index (χ3n) is 8.30. The monoisotopic (exact) mass is 316 g/mol. The molecule has 4 aliphatic carbocycles. The fourth-order valence-electron chi connectivity index (χ4n) is 7.04. The summed E-state index contributed by atoms with van der Waals surface area (Å²) in [5, 5.41) is 9.81. The van der Waals surface area contributed by atoms with Gasteiger partial charge in [0.15, 0.2) is 0 Å². The summed E-state index contributed by atoms with van der Waals surface area (Å²) in [6.07, 6.45) is 11.0. The number of Topliss-reactive ketones (excluding diaryl/α,β-unsaturated/α-hetero) is 1. The Labute approximate surface area is 140 Å². The van der Waals surface area contributed by atoms with Gasteiger partial charge in [0.25, 0.3) is 0 Å². The summed E-state index contributed by atoms with van der Waals surface area (Å²) >= 11 is 0. The van der Waals surface area contributed by atoms with Gasteiger partial charge in [-0.25, -0.2) is 0 Å². The summed E-state index contributed by atoms with van der Waals surface area (Å²) in [6, 6.07) is 0. The number of hydrogen-bond acceptors (Lipinski definition) is 2. The number of rotatable bonds is 1. The number of allylic oxidation sites excluding steroid dienone is 2. The molecule has 3 fully saturated rings. The van der Waals surface area contributed by atoms with Crippen LogP contribution in [0, 0.1) is 35.0 Å². The predicted octanol–water partition coefficient (Wildman–Crippen LogP) is 4.52. The van der Waals surface area contributed by atoms with Gasteiger partial charge in [-0.1, -0.05) is 24.5 Å². The number of ketones is 1. The summed E-state index contributed by atoms with van der Waals surface area (Å²) in [7, 11) is 0. The average molecular weight is 316 g/mol. The quantitative estimate of drug-likeness (QED) is 0.722. The Balaban J connectivity index is 1.69. The Kier molecular flexibility index (Phi) is 3.95. The molecule has 0 saturated heterocycles. The molecule has 2 nitrogen and oxygen atoms in total. The second-order valence-corrected chi connectivity index (χ2v) is 9.08. The second-order valence-electron chi connectivity index (χ2n) is 9.08. The Morgan fingerprint density at radius 3 is 2.74 bits per heavy atom. The van der Waals surface area contributed by atoms with Gasteiger partial charge in [0.1, 0.15) is 5.78 Å². The molecule has 23 heavy (non-hydrogen) atoms. The van der Waals surface area contributed by atoms with Crippen LogP contribution >= 0.6 is 0 Å². The normalized spacial score (nSPS) is 46.9. The van der Waals surface area contributed by atoms with E-state index in [-0.39, 0.29) is 17.9 Å². The molecule has 1 N–H and O–H groups in total. The first-order valence-corrected chi connectivity index (χ1v) is 9.88. The van der Waals surface area contributed by atoms with Gasteiger partial charge in [-0.15, -0.1) is 0 Å². The lowest BCUT2D eigenvalue weighted by Crippen LogP contribution is -2.51. The third kappa shape index (κ3) is 2.27. The fraction of sp³-hybridized carbons (Fsp3) is 0.857. The predicted molar refractivity (Wildman–Crippen MR) is 91.9 cm³/mol. The smallest absolute Gasteiger partial charge is 0.138 e. The molecule has 128 valence electrons. The highest BCUT2D eigenvalue weighted by molar-refractivity contribution is 5.82. The van der Waals surface area contributed by atoms with Crippen LogP contribution in [0.25, 0.3) is 0 Å². The molecule has 0 aromatic carbocycles. The van der Waals surface area contributed by atoms with Crippen LogP contribution in [0.2, 0.25) is 0 Å². The highest BCUT2D eigenvalue weighted by Gasteiger charge is 2.58. The minimum atomic E-state index is -0.0739. The van der Waals surface area contributed by atoms with Gasteiger partial charge in [0.2, 0.25) is 0 Å². The third-order valence-corrected chi connectivity index (χ3v) is 8.30. The van der Waals surface area contributed by atoms with Gasteiger partial charge in [-0.05, 0) is 81.0 Å². The van der Waals surface area contributed by atoms with Crippen molar-refractivity contribution in [3.05, 3.63) is 11.1 Å². The fourth-order valence-corrected chi connectivity index (χ4v) is 7.04. The molecule has 3 saturated carbocycles. The van der Waals surface area contributed by atoms with Crippen LogP contribution in [0.4, 0.5) is 0 Å².